The lowest BCUT2D eigenvalue weighted by atomic mass is 10.1. The summed E-state index contributed by atoms with van der Waals surface area (Å²) in [5, 5.41) is 9.38. The molecule has 2 rings (SSSR count). The van der Waals surface area contributed by atoms with Crippen molar-refractivity contribution >= 4 is 0 Å². The highest BCUT2D eigenvalue weighted by atomic mass is 16.3. The molecular formula is C12H14N2O. The molecule has 0 aliphatic rings. The number of hydrogen-bond acceptors (Lipinski definition) is 2. The van der Waals surface area contributed by atoms with E-state index in [4.69, 9.17) is 0 Å². The monoisotopic (exact) mass is 202 g/mol. The number of benzene rings is 1. The van der Waals surface area contributed by atoms with Crippen LogP contribution in [0.1, 0.15) is 24.4 Å². The summed E-state index contributed by atoms with van der Waals surface area (Å²) in [6.45, 7) is 3.72. The molecule has 3 heteroatoms. The van der Waals surface area contributed by atoms with Gasteiger partial charge in [0.1, 0.15) is 5.82 Å². The van der Waals surface area contributed by atoms with Crippen molar-refractivity contribution in [2.45, 2.75) is 20.0 Å². The number of aliphatic hydroxyl groups is 1. The van der Waals surface area contributed by atoms with Gasteiger partial charge in [0.15, 0.2) is 0 Å². The maximum atomic E-state index is 9.38. The molecule has 1 aromatic heterocycles. The van der Waals surface area contributed by atoms with Crippen LogP contribution in [-0.4, -0.2) is 14.7 Å². The second kappa shape index (κ2) is 3.87. The average Bonchev–Trinajstić information content (AvgIpc) is 2.65. The summed E-state index contributed by atoms with van der Waals surface area (Å²) in [5.74, 6) is 0.958. The minimum Gasteiger partial charge on any atom is -0.389 e. The lowest BCUT2D eigenvalue weighted by molar-refractivity contribution is 0.199. The standard InChI is InChI=1S/C12H14N2O/c1-9(15)11-3-5-12(6-4-11)14-8-7-13-10(14)2/h3-9,15H,1-2H3/t9-/m0/s1. The second-order valence-corrected chi connectivity index (χ2v) is 3.61. The first-order valence-electron chi connectivity index (χ1n) is 4.97. The molecule has 3 nitrogen and oxygen atoms in total. The van der Waals surface area contributed by atoms with Gasteiger partial charge in [-0.05, 0) is 31.5 Å². The number of aliphatic hydroxyl groups excluding tert-OH is 1. The molecule has 78 valence electrons. The number of imidazole rings is 1. The molecular weight excluding hydrogens is 188 g/mol. The molecule has 1 atom stereocenters. The lowest BCUT2D eigenvalue weighted by Crippen LogP contribution is -1.96. The normalized spacial score (nSPS) is 12.7. The molecule has 2 aromatic rings. The SMILES string of the molecule is Cc1nccn1-c1ccc([C@H](C)O)cc1. The fourth-order valence-electron chi connectivity index (χ4n) is 1.56. The quantitative estimate of drug-likeness (QED) is 0.811. The molecule has 0 spiro atoms. The average molecular weight is 202 g/mol. The summed E-state index contributed by atoms with van der Waals surface area (Å²) in [7, 11) is 0. The van der Waals surface area contributed by atoms with Crippen LogP contribution in [-0.2, 0) is 0 Å². The Morgan fingerprint density at radius 3 is 2.40 bits per heavy atom. The van der Waals surface area contributed by atoms with Gasteiger partial charge in [-0.1, -0.05) is 12.1 Å². The molecule has 0 radical (unpaired) electrons. The molecule has 0 bridgehead atoms. The van der Waals surface area contributed by atoms with Crippen LogP contribution in [0.4, 0.5) is 0 Å². The molecule has 0 aliphatic heterocycles. The van der Waals surface area contributed by atoms with E-state index in [1.807, 2.05) is 42.0 Å². The minimum atomic E-state index is -0.414. The van der Waals surface area contributed by atoms with Gasteiger partial charge in [0.2, 0.25) is 0 Å². The molecule has 0 amide bonds. The Bertz CT molecular complexity index is 443. The van der Waals surface area contributed by atoms with Crippen LogP contribution in [0.25, 0.3) is 5.69 Å². The van der Waals surface area contributed by atoms with Crippen LogP contribution in [0.3, 0.4) is 0 Å². The Morgan fingerprint density at radius 1 is 1.27 bits per heavy atom. The van der Waals surface area contributed by atoms with E-state index in [-0.39, 0.29) is 0 Å². The van der Waals surface area contributed by atoms with Gasteiger partial charge in [0, 0.05) is 18.1 Å². The first kappa shape index (κ1) is 9.93. The van der Waals surface area contributed by atoms with Gasteiger partial charge in [-0.15, -0.1) is 0 Å². The van der Waals surface area contributed by atoms with Crippen LogP contribution in [0.2, 0.25) is 0 Å². The van der Waals surface area contributed by atoms with E-state index in [1.165, 1.54) is 0 Å². The fourth-order valence-corrected chi connectivity index (χ4v) is 1.56. The molecule has 0 saturated heterocycles. The van der Waals surface area contributed by atoms with Gasteiger partial charge >= 0.3 is 0 Å². The zero-order valence-corrected chi connectivity index (χ0v) is 8.88. The number of aryl methyl sites for hydroxylation is 1. The summed E-state index contributed by atoms with van der Waals surface area (Å²) < 4.78 is 2.01. The van der Waals surface area contributed by atoms with E-state index in [0.29, 0.717) is 0 Å². The first-order chi connectivity index (χ1) is 7.18. The van der Waals surface area contributed by atoms with E-state index >= 15 is 0 Å². The smallest absolute Gasteiger partial charge is 0.110 e. The van der Waals surface area contributed by atoms with E-state index < -0.39 is 6.10 Å². The van der Waals surface area contributed by atoms with Crippen molar-refractivity contribution in [1.82, 2.24) is 9.55 Å². The van der Waals surface area contributed by atoms with Crippen LogP contribution >= 0.6 is 0 Å². The summed E-state index contributed by atoms with van der Waals surface area (Å²) >= 11 is 0. The molecule has 1 N–H and O–H groups in total. The third-order valence-electron chi connectivity index (χ3n) is 2.48. The van der Waals surface area contributed by atoms with E-state index in [2.05, 4.69) is 4.98 Å². The molecule has 0 unspecified atom stereocenters. The highest BCUT2D eigenvalue weighted by molar-refractivity contribution is 5.36. The Hall–Kier alpha value is -1.61. The van der Waals surface area contributed by atoms with Crippen LogP contribution in [0.5, 0.6) is 0 Å². The molecule has 15 heavy (non-hydrogen) atoms. The van der Waals surface area contributed by atoms with Crippen molar-refractivity contribution in [2.24, 2.45) is 0 Å². The second-order valence-electron chi connectivity index (χ2n) is 3.61. The number of aromatic nitrogens is 2. The fraction of sp³-hybridized carbons (Fsp3) is 0.250. The number of nitrogens with zero attached hydrogens (tertiary/aromatic N) is 2. The predicted molar refractivity (Wildman–Crippen MR) is 58.9 cm³/mol. The Kier molecular flexibility index (Phi) is 2.56. The van der Waals surface area contributed by atoms with Gasteiger partial charge in [-0.2, -0.15) is 0 Å². The first-order valence-corrected chi connectivity index (χ1v) is 4.97. The zero-order chi connectivity index (χ0) is 10.8. The number of hydrogen-bond donors (Lipinski definition) is 1. The Morgan fingerprint density at radius 2 is 1.93 bits per heavy atom. The van der Waals surface area contributed by atoms with E-state index in [9.17, 15) is 5.11 Å². The Balaban J connectivity index is 2.36. The summed E-state index contributed by atoms with van der Waals surface area (Å²) in [6.07, 6.45) is 3.29. The topological polar surface area (TPSA) is 38.0 Å². The van der Waals surface area contributed by atoms with Crippen LogP contribution < -0.4 is 0 Å². The van der Waals surface area contributed by atoms with Gasteiger partial charge in [0.25, 0.3) is 0 Å². The summed E-state index contributed by atoms with van der Waals surface area (Å²) in [6, 6.07) is 7.83. The molecule has 0 saturated carbocycles. The highest BCUT2D eigenvalue weighted by Crippen LogP contribution is 2.16. The van der Waals surface area contributed by atoms with Gasteiger partial charge in [-0.3, -0.25) is 0 Å². The summed E-state index contributed by atoms with van der Waals surface area (Å²) in [5.41, 5.74) is 1.99. The summed E-state index contributed by atoms with van der Waals surface area (Å²) in [4.78, 5) is 4.16. The third kappa shape index (κ3) is 1.92. The van der Waals surface area contributed by atoms with Crippen molar-refractivity contribution in [3.05, 3.63) is 48.0 Å². The lowest BCUT2D eigenvalue weighted by Gasteiger charge is -2.08. The maximum absolute atomic E-state index is 9.38. The van der Waals surface area contributed by atoms with Gasteiger partial charge < -0.3 is 9.67 Å². The molecule has 0 aliphatic carbocycles. The van der Waals surface area contributed by atoms with Crippen molar-refractivity contribution in [1.29, 1.82) is 0 Å². The molecule has 0 fully saturated rings. The highest BCUT2D eigenvalue weighted by Gasteiger charge is 2.02. The largest absolute Gasteiger partial charge is 0.389 e. The van der Waals surface area contributed by atoms with Crippen molar-refractivity contribution in [3.8, 4) is 5.69 Å². The molecule has 1 aromatic carbocycles. The van der Waals surface area contributed by atoms with E-state index in [0.717, 1.165) is 17.1 Å². The van der Waals surface area contributed by atoms with E-state index in [1.54, 1.807) is 13.1 Å². The third-order valence-corrected chi connectivity index (χ3v) is 2.48. The van der Waals surface area contributed by atoms with Crippen LogP contribution in [0, 0.1) is 6.92 Å². The van der Waals surface area contributed by atoms with Crippen LogP contribution in [0.15, 0.2) is 36.7 Å². The minimum absolute atomic E-state index is 0.414. The molecule has 1 heterocycles. The van der Waals surface area contributed by atoms with Crippen molar-refractivity contribution in [2.75, 3.05) is 0 Å². The number of rotatable bonds is 2. The maximum Gasteiger partial charge on any atom is 0.110 e. The zero-order valence-electron chi connectivity index (χ0n) is 8.88. The Labute approximate surface area is 89.0 Å². The predicted octanol–water partition coefficient (Wildman–Crippen LogP) is 2.23. The van der Waals surface area contributed by atoms with Crippen molar-refractivity contribution in [3.63, 3.8) is 0 Å². The van der Waals surface area contributed by atoms with Crippen molar-refractivity contribution < 1.29 is 5.11 Å². The van der Waals surface area contributed by atoms with Gasteiger partial charge in [0.05, 0.1) is 6.10 Å². The van der Waals surface area contributed by atoms with Gasteiger partial charge in [-0.25, -0.2) is 4.98 Å².